The zero-order chi connectivity index (χ0) is 12.7. The largest absolute Gasteiger partial charge is 0.364 e. The lowest BCUT2D eigenvalue weighted by Crippen LogP contribution is -2.13. The van der Waals surface area contributed by atoms with Crippen molar-refractivity contribution in [2.45, 2.75) is 32.6 Å². The normalized spacial score (nSPS) is 14.5. The average Bonchev–Trinajstić information content (AvgIpc) is 2.91. The van der Waals surface area contributed by atoms with E-state index in [4.69, 9.17) is 5.73 Å². The van der Waals surface area contributed by atoms with Crippen molar-refractivity contribution in [2.24, 2.45) is 5.73 Å². The standard InChI is InChI=1S/C11H13N5OS/c1-6-9(10(12)17)14-15-16(6)11-13-7-4-2-3-5-8(7)18-11/h2-5H2,1H3,(H2,12,17). The Morgan fingerprint density at radius 3 is 2.83 bits per heavy atom. The smallest absolute Gasteiger partial charge is 0.271 e. The van der Waals surface area contributed by atoms with Gasteiger partial charge in [-0.1, -0.05) is 16.6 Å². The molecule has 2 aromatic heterocycles. The molecule has 6 nitrogen and oxygen atoms in total. The molecule has 3 rings (SSSR count). The molecule has 0 saturated heterocycles. The molecule has 2 N–H and O–H groups in total. The predicted molar refractivity (Wildman–Crippen MR) is 66.9 cm³/mol. The highest BCUT2D eigenvalue weighted by Gasteiger charge is 2.20. The highest BCUT2D eigenvalue weighted by atomic mass is 32.1. The lowest BCUT2D eigenvalue weighted by Gasteiger charge is -2.06. The van der Waals surface area contributed by atoms with Gasteiger partial charge in [0.25, 0.3) is 5.91 Å². The number of fused-ring (bicyclic) bond motifs is 1. The van der Waals surface area contributed by atoms with E-state index in [-0.39, 0.29) is 5.69 Å². The van der Waals surface area contributed by atoms with Gasteiger partial charge in [-0.25, -0.2) is 4.98 Å². The van der Waals surface area contributed by atoms with Gasteiger partial charge >= 0.3 is 0 Å². The van der Waals surface area contributed by atoms with E-state index in [9.17, 15) is 4.79 Å². The molecule has 18 heavy (non-hydrogen) atoms. The van der Waals surface area contributed by atoms with Gasteiger partial charge in [-0.15, -0.1) is 5.10 Å². The van der Waals surface area contributed by atoms with Crippen molar-refractivity contribution in [3.05, 3.63) is 22.0 Å². The Balaban J connectivity index is 2.04. The first-order chi connectivity index (χ1) is 8.66. The molecule has 1 amide bonds. The maximum atomic E-state index is 11.2. The lowest BCUT2D eigenvalue weighted by molar-refractivity contribution is 0.0995. The second kappa shape index (κ2) is 4.16. The molecule has 0 radical (unpaired) electrons. The fourth-order valence-electron chi connectivity index (χ4n) is 2.17. The van der Waals surface area contributed by atoms with E-state index in [1.807, 2.05) is 0 Å². The number of hydrogen-bond donors (Lipinski definition) is 1. The molecule has 0 aromatic carbocycles. The van der Waals surface area contributed by atoms with Crippen molar-refractivity contribution in [1.29, 1.82) is 0 Å². The minimum atomic E-state index is -0.555. The van der Waals surface area contributed by atoms with Gasteiger partial charge in [-0.2, -0.15) is 4.68 Å². The van der Waals surface area contributed by atoms with Crippen LogP contribution in [0.1, 0.15) is 39.6 Å². The number of thiazole rings is 1. The third kappa shape index (κ3) is 1.71. The summed E-state index contributed by atoms with van der Waals surface area (Å²) in [5.41, 5.74) is 7.25. The predicted octanol–water partition coefficient (Wildman–Crippen LogP) is 1.01. The van der Waals surface area contributed by atoms with Gasteiger partial charge in [0.2, 0.25) is 5.13 Å². The molecule has 0 atom stereocenters. The first-order valence-corrected chi connectivity index (χ1v) is 6.69. The summed E-state index contributed by atoms with van der Waals surface area (Å²) in [6.45, 7) is 1.78. The monoisotopic (exact) mass is 263 g/mol. The molecule has 0 unspecified atom stereocenters. The summed E-state index contributed by atoms with van der Waals surface area (Å²) in [5, 5.41) is 8.54. The molecule has 1 aliphatic carbocycles. The van der Waals surface area contributed by atoms with Gasteiger partial charge < -0.3 is 5.73 Å². The topological polar surface area (TPSA) is 86.7 Å². The number of carbonyl (C=O) groups is 1. The first kappa shape index (κ1) is 11.3. The first-order valence-electron chi connectivity index (χ1n) is 5.88. The number of rotatable bonds is 2. The van der Waals surface area contributed by atoms with E-state index in [0.29, 0.717) is 5.69 Å². The summed E-state index contributed by atoms with van der Waals surface area (Å²) in [4.78, 5) is 17.1. The fourth-order valence-corrected chi connectivity index (χ4v) is 3.32. The van der Waals surface area contributed by atoms with Gasteiger partial charge in [0, 0.05) is 4.88 Å². The zero-order valence-electron chi connectivity index (χ0n) is 10.0. The maximum absolute atomic E-state index is 11.2. The van der Waals surface area contributed by atoms with Crippen LogP contribution in [0.25, 0.3) is 5.13 Å². The van der Waals surface area contributed by atoms with E-state index < -0.39 is 5.91 Å². The van der Waals surface area contributed by atoms with Crippen LogP contribution in [-0.2, 0) is 12.8 Å². The van der Waals surface area contributed by atoms with Gasteiger partial charge in [0.1, 0.15) is 0 Å². The Labute approximate surface area is 108 Å². The minimum Gasteiger partial charge on any atom is -0.364 e. The average molecular weight is 263 g/mol. The molecular formula is C11H13N5OS. The highest BCUT2D eigenvalue weighted by Crippen LogP contribution is 2.29. The number of nitrogens with two attached hydrogens (primary N) is 1. The number of hydrogen-bond acceptors (Lipinski definition) is 5. The maximum Gasteiger partial charge on any atom is 0.271 e. The number of amides is 1. The molecule has 7 heteroatoms. The van der Waals surface area contributed by atoms with Gasteiger partial charge in [-0.05, 0) is 32.6 Å². The number of primary amides is 1. The third-order valence-corrected chi connectivity index (χ3v) is 4.28. The van der Waals surface area contributed by atoms with Crippen molar-refractivity contribution in [2.75, 3.05) is 0 Å². The molecule has 0 bridgehead atoms. The van der Waals surface area contributed by atoms with Crippen LogP contribution >= 0.6 is 11.3 Å². The quantitative estimate of drug-likeness (QED) is 0.876. The molecule has 0 aliphatic heterocycles. The van der Waals surface area contributed by atoms with E-state index in [1.54, 1.807) is 22.9 Å². The SMILES string of the molecule is Cc1c(C(N)=O)nnn1-c1nc2c(s1)CCCC2. The number of carbonyl (C=O) groups excluding carboxylic acids is 1. The third-order valence-electron chi connectivity index (χ3n) is 3.14. The molecule has 2 heterocycles. The summed E-state index contributed by atoms with van der Waals surface area (Å²) in [5.74, 6) is -0.555. The molecule has 2 aromatic rings. The van der Waals surface area contributed by atoms with Crippen molar-refractivity contribution >= 4 is 17.2 Å². The van der Waals surface area contributed by atoms with Crippen LogP contribution in [0.4, 0.5) is 0 Å². The molecule has 0 spiro atoms. The van der Waals surface area contributed by atoms with E-state index in [1.165, 1.54) is 17.7 Å². The second-order valence-electron chi connectivity index (χ2n) is 4.37. The van der Waals surface area contributed by atoms with E-state index in [2.05, 4.69) is 15.3 Å². The van der Waals surface area contributed by atoms with Crippen LogP contribution in [0.2, 0.25) is 0 Å². The minimum absolute atomic E-state index is 0.211. The van der Waals surface area contributed by atoms with Crippen LogP contribution in [0, 0.1) is 6.92 Å². The van der Waals surface area contributed by atoms with Gasteiger partial charge in [0.15, 0.2) is 5.69 Å². The summed E-state index contributed by atoms with van der Waals surface area (Å²) < 4.78 is 1.60. The molecule has 94 valence electrons. The summed E-state index contributed by atoms with van der Waals surface area (Å²) in [6.07, 6.45) is 4.53. The fraction of sp³-hybridized carbons (Fsp3) is 0.455. The van der Waals surface area contributed by atoms with Crippen LogP contribution in [0.15, 0.2) is 0 Å². The Kier molecular flexibility index (Phi) is 2.62. The number of aromatic nitrogens is 4. The van der Waals surface area contributed by atoms with E-state index in [0.717, 1.165) is 23.7 Å². The Morgan fingerprint density at radius 2 is 2.17 bits per heavy atom. The molecule has 0 saturated carbocycles. The van der Waals surface area contributed by atoms with Crippen molar-refractivity contribution in [3.8, 4) is 5.13 Å². The van der Waals surface area contributed by atoms with Crippen LogP contribution < -0.4 is 5.73 Å². The molecular weight excluding hydrogens is 250 g/mol. The van der Waals surface area contributed by atoms with Crippen LogP contribution in [0.5, 0.6) is 0 Å². The molecule has 0 fully saturated rings. The number of aryl methyl sites for hydroxylation is 2. The number of nitrogens with zero attached hydrogens (tertiary/aromatic N) is 4. The summed E-state index contributed by atoms with van der Waals surface area (Å²) >= 11 is 1.62. The Morgan fingerprint density at radius 1 is 1.39 bits per heavy atom. The van der Waals surface area contributed by atoms with Crippen LogP contribution in [0.3, 0.4) is 0 Å². The molecule has 1 aliphatic rings. The van der Waals surface area contributed by atoms with Crippen molar-refractivity contribution in [3.63, 3.8) is 0 Å². The van der Waals surface area contributed by atoms with Crippen molar-refractivity contribution in [1.82, 2.24) is 20.0 Å². The Bertz CT molecular complexity index is 591. The summed E-state index contributed by atoms with van der Waals surface area (Å²) in [7, 11) is 0. The van der Waals surface area contributed by atoms with Crippen molar-refractivity contribution < 1.29 is 4.79 Å². The van der Waals surface area contributed by atoms with Gasteiger partial charge in [0.05, 0.1) is 11.4 Å². The summed E-state index contributed by atoms with van der Waals surface area (Å²) in [6, 6.07) is 0. The second-order valence-corrected chi connectivity index (χ2v) is 5.44. The lowest BCUT2D eigenvalue weighted by atomic mass is 10.0. The van der Waals surface area contributed by atoms with Gasteiger partial charge in [-0.3, -0.25) is 4.79 Å². The van der Waals surface area contributed by atoms with Crippen LogP contribution in [-0.4, -0.2) is 25.9 Å². The Hall–Kier alpha value is -1.76. The zero-order valence-corrected chi connectivity index (χ0v) is 10.8. The van der Waals surface area contributed by atoms with E-state index >= 15 is 0 Å². The highest BCUT2D eigenvalue weighted by molar-refractivity contribution is 7.14.